The van der Waals surface area contributed by atoms with Crippen molar-refractivity contribution in [2.45, 2.75) is 56.7 Å². The maximum atomic E-state index is 13.2. The smallest absolute Gasteiger partial charge is 0.317 e. The molecule has 4 nitrogen and oxygen atoms in total. The van der Waals surface area contributed by atoms with E-state index in [1.54, 1.807) is 12.1 Å². The SMILES string of the molecule is CCN(CC(=O)O)C1CC(NC2CC(c3cccc(F)c3)C2)C1. The number of likely N-dealkylation sites (N-methyl/N-ethyl adjacent to an activating group) is 1. The summed E-state index contributed by atoms with van der Waals surface area (Å²) in [5.74, 6) is -0.433. The summed E-state index contributed by atoms with van der Waals surface area (Å²) in [5, 5.41) is 12.6. The monoisotopic (exact) mass is 320 g/mol. The zero-order chi connectivity index (χ0) is 16.4. The maximum Gasteiger partial charge on any atom is 0.317 e. The summed E-state index contributed by atoms with van der Waals surface area (Å²) >= 11 is 0. The van der Waals surface area contributed by atoms with Gasteiger partial charge in [0.05, 0.1) is 6.54 Å². The van der Waals surface area contributed by atoms with Crippen LogP contribution in [0.1, 0.15) is 44.1 Å². The predicted molar refractivity (Wildman–Crippen MR) is 87.0 cm³/mol. The summed E-state index contributed by atoms with van der Waals surface area (Å²) < 4.78 is 13.2. The van der Waals surface area contributed by atoms with E-state index in [1.807, 2.05) is 17.9 Å². The molecule has 2 aliphatic rings. The molecule has 126 valence electrons. The molecular formula is C18H25FN2O2. The van der Waals surface area contributed by atoms with E-state index in [4.69, 9.17) is 5.11 Å². The van der Waals surface area contributed by atoms with Gasteiger partial charge in [-0.25, -0.2) is 4.39 Å². The maximum absolute atomic E-state index is 13.2. The van der Waals surface area contributed by atoms with Crippen LogP contribution in [0.25, 0.3) is 0 Å². The molecule has 0 bridgehead atoms. The molecule has 0 atom stereocenters. The van der Waals surface area contributed by atoms with Gasteiger partial charge in [-0.1, -0.05) is 19.1 Å². The zero-order valence-electron chi connectivity index (χ0n) is 13.5. The van der Waals surface area contributed by atoms with Gasteiger partial charge in [0.2, 0.25) is 0 Å². The van der Waals surface area contributed by atoms with Crippen LogP contribution in [0, 0.1) is 5.82 Å². The molecule has 0 saturated heterocycles. The van der Waals surface area contributed by atoms with Crippen molar-refractivity contribution in [2.24, 2.45) is 0 Å². The average molecular weight is 320 g/mol. The van der Waals surface area contributed by atoms with Gasteiger partial charge in [-0.2, -0.15) is 0 Å². The highest BCUT2D eigenvalue weighted by Gasteiger charge is 2.38. The summed E-state index contributed by atoms with van der Waals surface area (Å²) in [7, 11) is 0. The molecule has 0 heterocycles. The second-order valence-electron chi connectivity index (χ2n) is 6.87. The van der Waals surface area contributed by atoms with E-state index in [-0.39, 0.29) is 12.4 Å². The van der Waals surface area contributed by atoms with Crippen molar-refractivity contribution in [3.8, 4) is 0 Å². The van der Waals surface area contributed by atoms with Crippen LogP contribution < -0.4 is 5.32 Å². The van der Waals surface area contributed by atoms with E-state index in [0.717, 1.165) is 37.8 Å². The molecule has 23 heavy (non-hydrogen) atoms. The summed E-state index contributed by atoms with van der Waals surface area (Å²) in [6.07, 6.45) is 4.19. The molecule has 0 amide bonds. The van der Waals surface area contributed by atoms with E-state index < -0.39 is 5.97 Å². The lowest BCUT2D eigenvalue weighted by molar-refractivity contribution is -0.139. The Bertz CT molecular complexity index is 554. The Hall–Kier alpha value is -1.46. The molecule has 0 aromatic heterocycles. The number of carbonyl (C=O) groups is 1. The number of carboxylic acid groups (broad SMARTS) is 1. The first-order valence-corrected chi connectivity index (χ1v) is 8.52. The lowest BCUT2D eigenvalue weighted by Gasteiger charge is -2.46. The Kier molecular flexibility index (Phi) is 4.97. The standard InChI is InChI=1S/C18H25FN2O2/c1-2-21(11-18(22)23)17-9-16(10-17)20-15-7-13(8-15)12-4-3-5-14(19)6-12/h3-6,13,15-17,20H,2,7-11H2,1H3,(H,22,23). The van der Waals surface area contributed by atoms with Crippen molar-refractivity contribution >= 4 is 5.97 Å². The van der Waals surface area contributed by atoms with Crippen LogP contribution in [0.5, 0.6) is 0 Å². The van der Waals surface area contributed by atoms with E-state index in [9.17, 15) is 9.18 Å². The minimum absolute atomic E-state index is 0.138. The molecule has 2 fully saturated rings. The molecular weight excluding hydrogens is 295 g/mol. The van der Waals surface area contributed by atoms with Gasteiger partial charge in [0, 0.05) is 18.1 Å². The van der Waals surface area contributed by atoms with Crippen LogP contribution in [-0.4, -0.2) is 47.2 Å². The number of nitrogens with one attached hydrogen (secondary N) is 1. The Labute approximate surface area is 136 Å². The number of hydrogen-bond donors (Lipinski definition) is 2. The Morgan fingerprint density at radius 1 is 1.30 bits per heavy atom. The van der Waals surface area contributed by atoms with E-state index >= 15 is 0 Å². The lowest BCUT2D eigenvalue weighted by Crippen LogP contribution is -2.57. The first-order valence-electron chi connectivity index (χ1n) is 8.52. The van der Waals surface area contributed by atoms with Gasteiger partial charge in [0.1, 0.15) is 5.82 Å². The Balaban J connectivity index is 1.38. The molecule has 0 unspecified atom stereocenters. The fourth-order valence-corrected chi connectivity index (χ4v) is 3.81. The fourth-order valence-electron chi connectivity index (χ4n) is 3.81. The summed E-state index contributed by atoms with van der Waals surface area (Å²) in [6, 6.07) is 8.34. The predicted octanol–water partition coefficient (Wildman–Crippen LogP) is 2.60. The average Bonchev–Trinajstić information content (AvgIpc) is 2.41. The van der Waals surface area contributed by atoms with Crippen molar-refractivity contribution in [3.05, 3.63) is 35.6 Å². The molecule has 0 radical (unpaired) electrons. The lowest BCUT2D eigenvalue weighted by atomic mass is 9.74. The molecule has 0 spiro atoms. The van der Waals surface area contributed by atoms with Gasteiger partial charge < -0.3 is 10.4 Å². The number of aliphatic carboxylic acids is 1. The highest BCUT2D eigenvalue weighted by molar-refractivity contribution is 5.69. The van der Waals surface area contributed by atoms with Crippen LogP contribution in [0.2, 0.25) is 0 Å². The molecule has 3 rings (SSSR count). The van der Waals surface area contributed by atoms with Crippen molar-refractivity contribution in [1.82, 2.24) is 10.2 Å². The van der Waals surface area contributed by atoms with Gasteiger partial charge >= 0.3 is 5.97 Å². The minimum atomic E-state index is -0.750. The van der Waals surface area contributed by atoms with Gasteiger partial charge in [0.15, 0.2) is 0 Å². The van der Waals surface area contributed by atoms with Crippen molar-refractivity contribution in [3.63, 3.8) is 0 Å². The van der Waals surface area contributed by atoms with Gasteiger partial charge in [-0.05, 0) is 55.8 Å². The third kappa shape index (κ3) is 3.90. The first kappa shape index (κ1) is 16.4. The summed E-state index contributed by atoms with van der Waals surface area (Å²) in [6.45, 7) is 2.94. The Morgan fingerprint density at radius 3 is 2.61 bits per heavy atom. The van der Waals surface area contributed by atoms with Gasteiger partial charge in [0.25, 0.3) is 0 Å². The van der Waals surface area contributed by atoms with E-state index in [1.165, 1.54) is 6.07 Å². The van der Waals surface area contributed by atoms with Gasteiger partial charge in [-0.15, -0.1) is 0 Å². The quantitative estimate of drug-likeness (QED) is 0.811. The number of hydrogen-bond acceptors (Lipinski definition) is 3. The van der Waals surface area contributed by atoms with Crippen molar-refractivity contribution in [2.75, 3.05) is 13.1 Å². The first-order chi connectivity index (χ1) is 11.0. The summed E-state index contributed by atoms with van der Waals surface area (Å²) in [4.78, 5) is 12.9. The molecule has 2 N–H and O–H groups in total. The highest BCUT2D eigenvalue weighted by atomic mass is 19.1. The third-order valence-electron chi connectivity index (χ3n) is 5.30. The number of rotatable bonds is 7. The Morgan fingerprint density at radius 2 is 2.00 bits per heavy atom. The van der Waals surface area contributed by atoms with E-state index in [2.05, 4.69) is 5.32 Å². The number of carboxylic acids is 1. The largest absolute Gasteiger partial charge is 0.480 e. The second kappa shape index (κ2) is 6.97. The minimum Gasteiger partial charge on any atom is -0.480 e. The highest BCUT2D eigenvalue weighted by Crippen LogP contribution is 2.38. The molecule has 2 aliphatic carbocycles. The molecule has 5 heteroatoms. The fraction of sp³-hybridized carbons (Fsp3) is 0.611. The number of nitrogens with zero attached hydrogens (tertiary/aromatic N) is 1. The van der Waals surface area contributed by atoms with Crippen molar-refractivity contribution < 1.29 is 14.3 Å². The van der Waals surface area contributed by atoms with Gasteiger partial charge in [-0.3, -0.25) is 9.69 Å². The molecule has 0 aliphatic heterocycles. The molecule has 2 saturated carbocycles. The number of halogens is 1. The molecule has 1 aromatic rings. The summed E-state index contributed by atoms with van der Waals surface area (Å²) in [5.41, 5.74) is 1.10. The van der Waals surface area contributed by atoms with E-state index in [0.29, 0.717) is 24.0 Å². The van der Waals surface area contributed by atoms with Crippen molar-refractivity contribution in [1.29, 1.82) is 0 Å². The zero-order valence-corrected chi connectivity index (χ0v) is 13.5. The van der Waals surface area contributed by atoms with Crippen LogP contribution in [0.4, 0.5) is 4.39 Å². The van der Waals surface area contributed by atoms with Crippen LogP contribution in [0.3, 0.4) is 0 Å². The van der Waals surface area contributed by atoms with Crippen LogP contribution >= 0.6 is 0 Å². The second-order valence-corrected chi connectivity index (χ2v) is 6.87. The van der Waals surface area contributed by atoms with Crippen LogP contribution in [-0.2, 0) is 4.79 Å². The molecule has 1 aromatic carbocycles. The van der Waals surface area contributed by atoms with Crippen LogP contribution in [0.15, 0.2) is 24.3 Å². The number of benzene rings is 1. The topological polar surface area (TPSA) is 52.6 Å². The third-order valence-corrected chi connectivity index (χ3v) is 5.30. The normalized spacial score (nSPS) is 29.9.